The van der Waals surface area contributed by atoms with E-state index in [2.05, 4.69) is 9.97 Å². The van der Waals surface area contributed by atoms with E-state index in [9.17, 15) is 14.4 Å². The zero-order valence-electron chi connectivity index (χ0n) is 16.8. The van der Waals surface area contributed by atoms with Crippen molar-refractivity contribution in [3.05, 3.63) is 40.4 Å². The molecule has 2 amide bonds. The lowest BCUT2D eigenvalue weighted by Crippen LogP contribution is -2.53. The third-order valence-corrected chi connectivity index (χ3v) is 5.03. The normalized spacial score (nSPS) is 15.1. The SMILES string of the molecule is CC(C)(C)C(=O)N1CCN(C(=O)CCCc2nc3ccccc3c(=O)[nH]2)CC1. The summed E-state index contributed by atoms with van der Waals surface area (Å²) in [5.74, 6) is 0.828. The quantitative estimate of drug-likeness (QED) is 0.873. The van der Waals surface area contributed by atoms with E-state index in [4.69, 9.17) is 0 Å². The Morgan fingerprint density at radius 1 is 1.07 bits per heavy atom. The Hall–Kier alpha value is -2.70. The summed E-state index contributed by atoms with van der Waals surface area (Å²) in [5.41, 5.74) is 0.134. The second-order valence-corrected chi connectivity index (χ2v) is 8.31. The highest BCUT2D eigenvalue weighted by atomic mass is 16.2. The van der Waals surface area contributed by atoms with Gasteiger partial charge >= 0.3 is 0 Å². The smallest absolute Gasteiger partial charge is 0.258 e. The van der Waals surface area contributed by atoms with E-state index >= 15 is 0 Å². The summed E-state index contributed by atoms with van der Waals surface area (Å²) in [6.07, 6.45) is 1.58. The lowest BCUT2D eigenvalue weighted by Gasteiger charge is -2.37. The molecule has 0 aliphatic carbocycles. The Morgan fingerprint density at radius 3 is 2.39 bits per heavy atom. The van der Waals surface area contributed by atoms with Gasteiger partial charge in [0.1, 0.15) is 5.82 Å². The highest BCUT2D eigenvalue weighted by Gasteiger charge is 2.30. The average Bonchev–Trinajstić information content (AvgIpc) is 2.67. The van der Waals surface area contributed by atoms with E-state index < -0.39 is 5.41 Å². The topological polar surface area (TPSA) is 86.4 Å². The van der Waals surface area contributed by atoms with Crippen molar-refractivity contribution >= 4 is 22.7 Å². The minimum absolute atomic E-state index is 0.0889. The van der Waals surface area contributed by atoms with Crippen LogP contribution in [0.4, 0.5) is 0 Å². The second kappa shape index (κ2) is 8.12. The maximum Gasteiger partial charge on any atom is 0.258 e. The van der Waals surface area contributed by atoms with Crippen LogP contribution in [0.5, 0.6) is 0 Å². The monoisotopic (exact) mass is 384 g/mol. The Labute approximate surface area is 164 Å². The molecular formula is C21H28N4O3. The number of benzene rings is 1. The molecule has 1 aromatic heterocycles. The predicted molar refractivity (Wildman–Crippen MR) is 108 cm³/mol. The molecule has 0 radical (unpaired) electrons. The van der Waals surface area contributed by atoms with Crippen molar-refractivity contribution in [3.63, 3.8) is 0 Å². The number of hydrogen-bond donors (Lipinski definition) is 1. The molecule has 28 heavy (non-hydrogen) atoms. The molecule has 2 heterocycles. The summed E-state index contributed by atoms with van der Waals surface area (Å²) >= 11 is 0. The first kappa shape index (κ1) is 20.0. The van der Waals surface area contributed by atoms with Crippen LogP contribution >= 0.6 is 0 Å². The standard InChI is InChI=1S/C21H28N4O3/c1-21(2,3)20(28)25-13-11-24(12-14-25)18(26)10-6-9-17-22-16-8-5-4-7-15(16)19(27)23-17/h4-5,7-8H,6,9-14H2,1-3H3,(H,22,23,27). The summed E-state index contributed by atoms with van der Waals surface area (Å²) in [5, 5.41) is 0.574. The van der Waals surface area contributed by atoms with Crippen LogP contribution in [0.1, 0.15) is 39.4 Å². The van der Waals surface area contributed by atoms with E-state index in [1.807, 2.05) is 48.8 Å². The molecule has 7 nitrogen and oxygen atoms in total. The molecule has 1 fully saturated rings. The number of aromatic nitrogens is 2. The maximum atomic E-state index is 12.5. The van der Waals surface area contributed by atoms with Crippen molar-refractivity contribution in [2.75, 3.05) is 26.2 Å². The molecule has 0 unspecified atom stereocenters. The first-order valence-corrected chi connectivity index (χ1v) is 9.81. The molecule has 1 aliphatic heterocycles. The fourth-order valence-electron chi connectivity index (χ4n) is 3.45. The Kier molecular flexibility index (Phi) is 5.82. The second-order valence-electron chi connectivity index (χ2n) is 8.31. The third kappa shape index (κ3) is 4.58. The predicted octanol–water partition coefficient (Wildman–Crippen LogP) is 1.96. The van der Waals surface area contributed by atoms with Crippen molar-refractivity contribution in [1.82, 2.24) is 19.8 Å². The molecule has 0 bridgehead atoms. The fraction of sp³-hybridized carbons (Fsp3) is 0.524. The Balaban J connectivity index is 1.49. The lowest BCUT2D eigenvalue weighted by atomic mass is 9.94. The van der Waals surface area contributed by atoms with Crippen LogP contribution in [-0.2, 0) is 16.0 Å². The average molecular weight is 384 g/mol. The van der Waals surface area contributed by atoms with Gasteiger partial charge in [0, 0.05) is 44.4 Å². The number of nitrogens with one attached hydrogen (secondary N) is 1. The number of rotatable bonds is 4. The number of carbonyl (C=O) groups is 2. The summed E-state index contributed by atoms with van der Waals surface area (Å²) in [4.78, 5) is 47.8. The molecule has 0 saturated carbocycles. The minimum Gasteiger partial charge on any atom is -0.339 e. The van der Waals surface area contributed by atoms with Gasteiger partial charge < -0.3 is 14.8 Å². The zero-order valence-corrected chi connectivity index (χ0v) is 16.8. The van der Waals surface area contributed by atoms with Gasteiger partial charge in [-0.2, -0.15) is 0 Å². The van der Waals surface area contributed by atoms with Gasteiger partial charge in [-0.25, -0.2) is 4.98 Å². The Morgan fingerprint density at radius 2 is 1.71 bits per heavy atom. The van der Waals surface area contributed by atoms with E-state index in [0.717, 1.165) is 0 Å². The van der Waals surface area contributed by atoms with E-state index in [1.54, 1.807) is 6.07 Å². The fourth-order valence-corrected chi connectivity index (χ4v) is 3.45. The van der Waals surface area contributed by atoms with Crippen LogP contribution in [0.15, 0.2) is 29.1 Å². The molecule has 7 heteroatoms. The van der Waals surface area contributed by atoms with Crippen LogP contribution in [0.2, 0.25) is 0 Å². The van der Waals surface area contributed by atoms with Crippen LogP contribution in [0.25, 0.3) is 10.9 Å². The number of hydrogen-bond acceptors (Lipinski definition) is 4. The molecule has 0 spiro atoms. The number of nitrogens with zero attached hydrogens (tertiary/aromatic N) is 3. The molecule has 1 aromatic carbocycles. The van der Waals surface area contributed by atoms with Crippen LogP contribution < -0.4 is 5.56 Å². The zero-order chi connectivity index (χ0) is 20.3. The molecule has 2 aromatic rings. The first-order chi connectivity index (χ1) is 13.3. The van der Waals surface area contributed by atoms with Crippen molar-refractivity contribution in [3.8, 4) is 0 Å². The number of aromatic amines is 1. The molecular weight excluding hydrogens is 356 g/mol. The molecule has 1 saturated heterocycles. The first-order valence-electron chi connectivity index (χ1n) is 9.81. The van der Waals surface area contributed by atoms with E-state index in [-0.39, 0.29) is 17.4 Å². The van der Waals surface area contributed by atoms with Crippen molar-refractivity contribution in [2.24, 2.45) is 5.41 Å². The molecule has 1 N–H and O–H groups in total. The van der Waals surface area contributed by atoms with E-state index in [0.29, 0.717) is 62.2 Å². The molecule has 0 atom stereocenters. The highest BCUT2D eigenvalue weighted by molar-refractivity contribution is 5.82. The van der Waals surface area contributed by atoms with Gasteiger partial charge in [0.15, 0.2) is 0 Å². The number of amides is 2. The van der Waals surface area contributed by atoms with Crippen molar-refractivity contribution in [2.45, 2.75) is 40.0 Å². The van der Waals surface area contributed by atoms with Gasteiger partial charge in [-0.3, -0.25) is 14.4 Å². The van der Waals surface area contributed by atoms with Crippen LogP contribution in [-0.4, -0.2) is 57.8 Å². The van der Waals surface area contributed by atoms with Gasteiger partial charge in [0.05, 0.1) is 10.9 Å². The van der Waals surface area contributed by atoms with Crippen LogP contribution in [0, 0.1) is 5.41 Å². The molecule has 150 valence electrons. The van der Waals surface area contributed by atoms with Gasteiger partial charge in [0.2, 0.25) is 11.8 Å². The minimum atomic E-state index is -0.393. The number of H-pyrrole nitrogens is 1. The third-order valence-electron chi connectivity index (χ3n) is 5.03. The van der Waals surface area contributed by atoms with Crippen LogP contribution in [0.3, 0.4) is 0 Å². The Bertz CT molecular complexity index is 921. The van der Waals surface area contributed by atoms with Gasteiger partial charge in [-0.05, 0) is 18.6 Å². The van der Waals surface area contributed by atoms with Gasteiger partial charge in [-0.1, -0.05) is 32.9 Å². The maximum absolute atomic E-state index is 12.5. The highest BCUT2D eigenvalue weighted by Crippen LogP contribution is 2.19. The molecule has 1 aliphatic rings. The number of aryl methyl sites for hydroxylation is 1. The summed E-state index contributed by atoms with van der Waals surface area (Å²) in [6, 6.07) is 7.23. The van der Waals surface area contributed by atoms with E-state index in [1.165, 1.54) is 0 Å². The van der Waals surface area contributed by atoms with Crippen molar-refractivity contribution < 1.29 is 9.59 Å². The summed E-state index contributed by atoms with van der Waals surface area (Å²) < 4.78 is 0. The molecule has 3 rings (SSSR count). The number of fused-ring (bicyclic) bond motifs is 1. The number of carbonyl (C=O) groups excluding carboxylic acids is 2. The summed E-state index contributed by atoms with van der Waals surface area (Å²) in [7, 11) is 0. The number of piperazine rings is 1. The van der Waals surface area contributed by atoms with Gasteiger partial charge in [-0.15, -0.1) is 0 Å². The largest absolute Gasteiger partial charge is 0.339 e. The van der Waals surface area contributed by atoms with Crippen molar-refractivity contribution in [1.29, 1.82) is 0 Å². The van der Waals surface area contributed by atoms with Gasteiger partial charge in [0.25, 0.3) is 5.56 Å². The lowest BCUT2D eigenvalue weighted by molar-refractivity contribution is -0.144. The number of para-hydroxylation sites is 1. The summed E-state index contributed by atoms with van der Waals surface area (Å²) in [6.45, 7) is 8.06.